The number of benzene rings is 1. The first kappa shape index (κ1) is 13.2. The van der Waals surface area contributed by atoms with Gasteiger partial charge in [-0.2, -0.15) is 0 Å². The van der Waals surface area contributed by atoms with Crippen molar-refractivity contribution in [3.8, 4) is 0 Å². The first-order valence-electron chi connectivity index (χ1n) is 4.91. The summed E-state index contributed by atoms with van der Waals surface area (Å²) < 4.78 is 5.34. The molecule has 4 heteroatoms. The average molecular weight is 331 g/mol. The molecule has 0 aliphatic carbocycles. The van der Waals surface area contributed by atoms with E-state index in [4.69, 9.17) is 10.5 Å². The summed E-state index contributed by atoms with van der Waals surface area (Å²) in [6.07, 6.45) is 0.0424. The summed E-state index contributed by atoms with van der Waals surface area (Å²) in [4.78, 5) is 11.4. The van der Waals surface area contributed by atoms with E-state index in [1.54, 1.807) is 22.6 Å². The zero-order valence-corrected chi connectivity index (χ0v) is 11.0. The van der Waals surface area contributed by atoms with Crippen molar-refractivity contribution in [3.05, 3.63) is 48.2 Å². The smallest absolute Gasteiger partial charge is 0.232 e. The monoisotopic (exact) mass is 331 g/mol. The van der Waals surface area contributed by atoms with Gasteiger partial charge < -0.3 is 10.5 Å². The minimum absolute atomic E-state index is 0.0453. The van der Waals surface area contributed by atoms with Crippen molar-refractivity contribution in [2.24, 2.45) is 5.73 Å². The summed E-state index contributed by atoms with van der Waals surface area (Å²) in [7, 11) is 0. The molecule has 0 aliphatic heterocycles. The highest BCUT2D eigenvalue weighted by Crippen LogP contribution is 2.12. The van der Waals surface area contributed by atoms with Gasteiger partial charge in [-0.25, -0.2) is 0 Å². The van der Waals surface area contributed by atoms with Crippen molar-refractivity contribution in [2.45, 2.75) is 12.5 Å². The second kappa shape index (κ2) is 6.65. The van der Waals surface area contributed by atoms with Crippen molar-refractivity contribution >= 4 is 26.4 Å². The second-order valence-electron chi connectivity index (χ2n) is 3.34. The molecule has 0 saturated heterocycles. The van der Waals surface area contributed by atoms with E-state index in [1.165, 1.54) is 0 Å². The molecule has 0 heterocycles. The van der Waals surface area contributed by atoms with E-state index in [0.717, 1.165) is 5.56 Å². The van der Waals surface area contributed by atoms with Crippen LogP contribution < -0.4 is 5.73 Å². The Bertz CT molecular complexity index is 365. The Hall–Kier alpha value is -0.880. The summed E-state index contributed by atoms with van der Waals surface area (Å²) >= 11 is 1.74. The average Bonchev–Trinajstić information content (AvgIpc) is 2.29. The highest BCUT2D eigenvalue weighted by atomic mass is 127. The van der Waals surface area contributed by atoms with E-state index < -0.39 is 6.10 Å². The van der Waals surface area contributed by atoms with Gasteiger partial charge in [0.15, 0.2) is 6.10 Å². The quantitative estimate of drug-likeness (QED) is 0.493. The maximum Gasteiger partial charge on any atom is 0.232 e. The van der Waals surface area contributed by atoms with E-state index in [2.05, 4.69) is 6.58 Å². The van der Waals surface area contributed by atoms with Crippen molar-refractivity contribution in [2.75, 3.05) is 6.54 Å². The Morgan fingerprint density at radius 3 is 2.56 bits per heavy atom. The minimum Gasteiger partial charge on any atom is -0.485 e. The Labute approximate surface area is 109 Å². The Morgan fingerprint density at radius 2 is 2.06 bits per heavy atom. The van der Waals surface area contributed by atoms with E-state index in [9.17, 15) is 4.79 Å². The third-order valence-corrected chi connectivity index (χ3v) is 2.75. The summed E-state index contributed by atoms with van der Waals surface area (Å²) in [6, 6.07) is 9.72. The molecule has 0 bridgehead atoms. The maximum atomic E-state index is 11.4. The van der Waals surface area contributed by atoms with Crippen LogP contribution in [0.4, 0.5) is 0 Å². The van der Waals surface area contributed by atoms with Crippen LogP contribution in [0.5, 0.6) is 0 Å². The number of ether oxygens (including phenoxy) is 1. The summed E-state index contributed by atoms with van der Waals surface area (Å²) in [5, 5.41) is 0. The number of carbonyl (C=O) groups excluding carboxylic acids is 1. The van der Waals surface area contributed by atoms with E-state index in [-0.39, 0.29) is 10.3 Å². The molecule has 86 valence electrons. The van der Waals surface area contributed by atoms with Crippen molar-refractivity contribution in [3.63, 3.8) is 0 Å². The number of hydrogen-bond donors (Lipinski definition) is 1. The molecule has 16 heavy (non-hydrogen) atoms. The molecule has 0 aromatic heterocycles. The van der Waals surface area contributed by atoms with Crippen molar-refractivity contribution in [1.29, 1.82) is 0 Å². The van der Waals surface area contributed by atoms with Crippen LogP contribution in [0.15, 0.2) is 42.7 Å². The molecule has 0 radical (unpaired) electrons. The van der Waals surface area contributed by atoms with Gasteiger partial charge in [0.2, 0.25) is 3.79 Å². The molecule has 1 atom stereocenters. The molecule has 1 aromatic rings. The number of carbonyl (C=O) groups is 1. The van der Waals surface area contributed by atoms with Crippen molar-refractivity contribution in [1.82, 2.24) is 0 Å². The standard InChI is InChI=1S/C12H14INO2/c1-9(8-14)16-11(12(13)15)7-10-5-3-2-4-6-10/h2-6,11H,1,7-8,14H2/t11-/m1/s1. The van der Waals surface area contributed by atoms with Gasteiger partial charge in [0, 0.05) is 29.0 Å². The number of nitrogens with two attached hydrogens (primary N) is 1. The van der Waals surface area contributed by atoms with Crippen LogP contribution in [0.25, 0.3) is 0 Å². The lowest BCUT2D eigenvalue weighted by Gasteiger charge is -2.16. The van der Waals surface area contributed by atoms with E-state index in [1.807, 2.05) is 30.3 Å². The summed E-state index contributed by atoms with van der Waals surface area (Å²) in [5.74, 6) is 0.436. The molecular formula is C12H14INO2. The number of halogens is 1. The third-order valence-electron chi connectivity index (χ3n) is 2.05. The van der Waals surface area contributed by atoms with E-state index in [0.29, 0.717) is 12.2 Å². The zero-order valence-electron chi connectivity index (χ0n) is 8.86. The van der Waals surface area contributed by atoms with Gasteiger partial charge in [0.05, 0.1) is 6.54 Å². The van der Waals surface area contributed by atoms with Crippen LogP contribution in [-0.2, 0) is 16.0 Å². The fraction of sp³-hybridized carbons (Fsp3) is 0.250. The molecule has 1 rings (SSSR count). The van der Waals surface area contributed by atoms with Gasteiger partial charge in [-0.1, -0.05) is 36.9 Å². The second-order valence-corrected chi connectivity index (χ2v) is 4.41. The molecule has 0 amide bonds. The topological polar surface area (TPSA) is 52.3 Å². The van der Waals surface area contributed by atoms with Crippen LogP contribution in [0.1, 0.15) is 5.56 Å². The van der Waals surface area contributed by atoms with Crippen molar-refractivity contribution < 1.29 is 9.53 Å². The predicted octanol–water partition coefficient (Wildman–Crippen LogP) is 2.05. The SMILES string of the molecule is C=C(CN)O[C@H](Cc1ccccc1)C(=O)I. The lowest BCUT2D eigenvalue weighted by Crippen LogP contribution is -2.24. The van der Waals surface area contributed by atoms with Crippen LogP contribution in [0.2, 0.25) is 0 Å². The molecule has 0 fully saturated rings. The molecule has 0 saturated carbocycles. The molecule has 0 spiro atoms. The van der Waals surface area contributed by atoms with E-state index >= 15 is 0 Å². The number of rotatable bonds is 6. The summed E-state index contributed by atoms with van der Waals surface area (Å²) in [6.45, 7) is 3.87. The normalized spacial score (nSPS) is 11.9. The number of hydrogen-bond acceptors (Lipinski definition) is 3. The predicted molar refractivity (Wildman–Crippen MR) is 72.2 cm³/mol. The molecular weight excluding hydrogens is 317 g/mol. The van der Waals surface area contributed by atoms with Crippen LogP contribution in [0.3, 0.4) is 0 Å². The maximum absolute atomic E-state index is 11.4. The highest BCUT2D eigenvalue weighted by Gasteiger charge is 2.18. The Balaban J connectivity index is 2.65. The van der Waals surface area contributed by atoms with Crippen LogP contribution in [0, 0.1) is 0 Å². The lowest BCUT2D eigenvalue weighted by atomic mass is 10.1. The largest absolute Gasteiger partial charge is 0.485 e. The fourth-order valence-electron chi connectivity index (χ4n) is 1.25. The van der Waals surface area contributed by atoms with Gasteiger partial charge in [-0.15, -0.1) is 0 Å². The Morgan fingerprint density at radius 1 is 1.44 bits per heavy atom. The lowest BCUT2D eigenvalue weighted by molar-refractivity contribution is -0.117. The molecule has 0 aliphatic rings. The zero-order chi connectivity index (χ0) is 12.0. The van der Waals surface area contributed by atoms with Gasteiger partial charge in [0.1, 0.15) is 5.76 Å². The minimum atomic E-state index is -0.501. The molecule has 2 N–H and O–H groups in total. The van der Waals surface area contributed by atoms with Crippen LogP contribution in [-0.4, -0.2) is 16.4 Å². The van der Waals surface area contributed by atoms with Gasteiger partial charge >= 0.3 is 0 Å². The Kier molecular flexibility index (Phi) is 5.48. The van der Waals surface area contributed by atoms with Crippen LogP contribution >= 0.6 is 22.6 Å². The highest BCUT2D eigenvalue weighted by molar-refractivity contribution is 14.1. The van der Waals surface area contributed by atoms with Gasteiger partial charge in [-0.3, -0.25) is 4.79 Å². The fourth-order valence-corrected chi connectivity index (χ4v) is 1.59. The summed E-state index contributed by atoms with van der Waals surface area (Å²) in [5.41, 5.74) is 6.43. The molecule has 1 aromatic carbocycles. The molecule has 3 nitrogen and oxygen atoms in total. The first-order chi connectivity index (χ1) is 7.63. The van der Waals surface area contributed by atoms with Gasteiger partial charge in [-0.05, 0) is 5.56 Å². The molecule has 0 unspecified atom stereocenters. The third kappa shape index (κ3) is 4.32. The first-order valence-corrected chi connectivity index (χ1v) is 5.99. The van der Waals surface area contributed by atoms with Gasteiger partial charge in [0.25, 0.3) is 0 Å².